The molecule has 0 aromatic rings. The molecule has 1 spiro atoms. The molecule has 0 aromatic carbocycles. The average Bonchev–Trinajstić information content (AvgIpc) is 4.00. The minimum atomic E-state index is -3.62. The number of carbonyl (C=O) groups is 4. The third kappa shape index (κ3) is 8.78. The van der Waals surface area contributed by atoms with Crippen LogP contribution in [0.15, 0.2) is 0 Å². The van der Waals surface area contributed by atoms with Crippen LogP contribution in [0.1, 0.15) is 145 Å². The first-order valence-corrected chi connectivity index (χ1v) is 24.6. The smallest absolute Gasteiger partial charge is 0.318 e. The largest absolute Gasteiger partial charge is 0.378 e. The second-order valence-electron chi connectivity index (χ2n) is 21.0. The van der Waals surface area contributed by atoms with Crippen LogP contribution < -0.4 is 20.7 Å². The maximum absolute atomic E-state index is 15.5. The van der Waals surface area contributed by atoms with E-state index in [1.807, 2.05) is 34.6 Å². The Balaban J connectivity index is 1.17. The number of rotatable bonds is 18. The molecule has 0 bridgehead atoms. The number of carbonyl (C=O) groups excluding carboxylic acids is 4. The van der Waals surface area contributed by atoms with Gasteiger partial charge in [-0.2, -0.15) is 4.72 Å². The zero-order valence-corrected chi connectivity index (χ0v) is 37.8. The van der Waals surface area contributed by atoms with Gasteiger partial charge in [0.25, 0.3) is 0 Å². The molecule has 59 heavy (non-hydrogen) atoms. The van der Waals surface area contributed by atoms with Crippen LogP contribution in [0.25, 0.3) is 0 Å². The highest BCUT2D eigenvalue weighted by Crippen LogP contribution is 2.78. The van der Waals surface area contributed by atoms with Gasteiger partial charge in [-0.25, -0.2) is 13.2 Å². The van der Waals surface area contributed by atoms with Crippen molar-refractivity contribution in [2.24, 2.45) is 34.0 Å². The molecular formula is C44H74N6O8S. The lowest BCUT2D eigenvalue weighted by Gasteiger charge is -2.40. The Morgan fingerprint density at radius 3 is 2.08 bits per heavy atom. The van der Waals surface area contributed by atoms with Crippen molar-refractivity contribution < 1.29 is 37.1 Å². The number of epoxide rings is 1. The van der Waals surface area contributed by atoms with Crippen molar-refractivity contribution in [1.29, 1.82) is 0 Å². The van der Waals surface area contributed by atoms with Gasteiger partial charge in [0.1, 0.15) is 18.1 Å². The Hall–Kier alpha value is -2.49. The molecule has 334 valence electrons. The predicted octanol–water partition coefficient (Wildman–Crippen LogP) is 4.81. The number of amides is 5. The molecule has 2 unspecified atom stereocenters. The lowest BCUT2D eigenvalue weighted by molar-refractivity contribution is -0.147. The van der Waals surface area contributed by atoms with E-state index < -0.39 is 50.1 Å². The molecular weight excluding hydrogens is 773 g/mol. The summed E-state index contributed by atoms with van der Waals surface area (Å²) in [7, 11) is -3.62. The molecule has 2 saturated heterocycles. The Morgan fingerprint density at radius 1 is 0.915 bits per heavy atom. The summed E-state index contributed by atoms with van der Waals surface area (Å²) in [5.41, 5.74) is -2.76. The van der Waals surface area contributed by atoms with Crippen LogP contribution in [0, 0.1) is 34.0 Å². The van der Waals surface area contributed by atoms with E-state index in [9.17, 15) is 18.0 Å². The summed E-state index contributed by atoms with van der Waals surface area (Å²) in [4.78, 5) is 62.1. The highest BCUT2D eigenvalue weighted by atomic mass is 32.2. The van der Waals surface area contributed by atoms with Gasteiger partial charge in [-0.1, -0.05) is 99.8 Å². The molecule has 0 aromatic heterocycles. The number of urea groups is 1. The highest BCUT2D eigenvalue weighted by Gasteiger charge is 2.76. The average molecular weight is 847 g/mol. The van der Waals surface area contributed by atoms with E-state index in [4.69, 9.17) is 9.47 Å². The minimum absolute atomic E-state index is 0.00954. The molecule has 2 aliphatic heterocycles. The zero-order chi connectivity index (χ0) is 42.6. The molecule has 7 fully saturated rings. The van der Waals surface area contributed by atoms with Crippen LogP contribution in [-0.4, -0.2) is 116 Å². The van der Waals surface area contributed by atoms with E-state index in [1.54, 1.807) is 9.80 Å². The first kappa shape index (κ1) is 44.6. The predicted molar refractivity (Wildman–Crippen MR) is 224 cm³/mol. The fourth-order valence-corrected chi connectivity index (χ4v) is 13.1. The van der Waals surface area contributed by atoms with Gasteiger partial charge in [-0.05, 0) is 78.9 Å². The molecule has 5 amide bonds. The van der Waals surface area contributed by atoms with Gasteiger partial charge in [0, 0.05) is 19.6 Å². The Morgan fingerprint density at radius 2 is 1.58 bits per heavy atom. The fraction of sp³-hybridized carbons (Fsp3) is 0.909. The van der Waals surface area contributed by atoms with E-state index in [0.29, 0.717) is 71.4 Å². The molecule has 2 heterocycles. The van der Waals surface area contributed by atoms with E-state index in [0.717, 1.165) is 51.4 Å². The number of morpholine rings is 1. The molecule has 5 aliphatic carbocycles. The summed E-state index contributed by atoms with van der Waals surface area (Å²) < 4.78 is 40.8. The lowest BCUT2D eigenvalue weighted by atomic mass is 9.75. The maximum Gasteiger partial charge on any atom is 0.318 e. The van der Waals surface area contributed by atoms with Crippen LogP contribution >= 0.6 is 0 Å². The third-order valence-corrected chi connectivity index (χ3v) is 17.8. The van der Waals surface area contributed by atoms with Crippen molar-refractivity contribution in [2.45, 2.75) is 179 Å². The summed E-state index contributed by atoms with van der Waals surface area (Å²) in [5.74, 6) is -0.529. The summed E-state index contributed by atoms with van der Waals surface area (Å²) in [6.45, 7) is 16.7. The number of sulfonamides is 1. The molecule has 14 nitrogen and oxygen atoms in total. The van der Waals surface area contributed by atoms with Crippen molar-refractivity contribution >= 4 is 33.8 Å². The molecule has 15 heteroatoms. The fourth-order valence-electron chi connectivity index (χ4n) is 11.4. The number of ether oxygens (including phenoxy) is 2. The highest BCUT2D eigenvalue weighted by molar-refractivity contribution is 7.90. The Kier molecular flexibility index (Phi) is 12.6. The van der Waals surface area contributed by atoms with Crippen molar-refractivity contribution in [3.05, 3.63) is 0 Å². The van der Waals surface area contributed by atoms with Gasteiger partial charge >= 0.3 is 6.03 Å². The van der Waals surface area contributed by atoms with Crippen LogP contribution in [-0.2, 0) is 33.9 Å². The Labute approximate surface area is 353 Å². The number of hydrogen-bond acceptors (Lipinski definition) is 8. The summed E-state index contributed by atoms with van der Waals surface area (Å²) in [5, 5.41) is 9.13. The minimum Gasteiger partial charge on any atom is -0.378 e. The van der Waals surface area contributed by atoms with Crippen molar-refractivity contribution in [3.8, 4) is 0 Å². The summed E-state index contributed by atoms with van der Waals surface area (Å²) >= 11 is 0. The number of hydrogen-bond donors (Lipinski definition) is 4. The van der Waals surface area contributed by atoms with Gasteiger partial charge in [0.05, 0.1) is 30.6 Å². The third-order valence-electron chi connectivity index (χ3n) is 15.9. The lowest BCUT2D eigenvalue weighted by Crippen LogP contribution is -2.65. The number of nitrogens with one attached hydrogen (secondary N) is 4. The van der Waals surface area contributed by atoms with E-state index in [-0.39, 0.29) is 58.9 Å². The monoisotopic (exact) mass is 847 g/mol. The quantitative estimate of drug-likeness (QED) is 0.142. The molecule has 0 radical (unpaired) electrons. The van der Waals surface area contributed by atoms with Crippen LogP contribution in [0.4, 0.5) is 4.79 Å². The topological polar surface area (TPSA) is 179 Å². The van der Waals surface area contributed by atoms with Gasteiger partial charge < -0.3 is 35.2 Å². The van der Waals surface area contributed by atoms with Crippen molar-refractivity contribution in [3.63, 3.8) is 0 Å². The second kappa shape index (κ2) is 16.7. The maximum atomic E-state index is 15.5. The summed E-state index contributed by atoms with van der Waals surface area (Å²) in [6.07, 6.45) is 12.7. The molecule has 4 N–H and O–H groups in total. The first-order chi connectivity index (χ1) is 27.8. The van der Waals surface area contributed by atoms with Crippen molar-refractivity contribution in [1.82, 2.24) is 30.5 Å². The van der Waals surface area contributed by atoms with Crippen molar-refractivity contribution in [2.75, 3.05) is 39.5 Å². The molecule has 7 atom stereocenters. The first-order valence-electron chi connectivity index (χ1n) is 23.1. The van der Waals surface area contributed by atoms with Gasteiger partial charge in [-0.15, -0.1) is 0 Å². The van der Waals surface area contributed by atoms with E-state index >= 15 is 9.59 Å². The van der Waals surface area contributed by atoms with Gasteiger partial charge in [0.2, 0.25) is 27.7 Å². The molecule has 7 rings (SSSR count). The molecule has 5 saturated carbocycles. The normalized spacial score (nSPS) is 31.3. The van der Waals surface area contributed by atoms with E-state index in [1.165, 1.54) is 6.42 Å². The Bertz CT molecular complexity index is 1690. The van der Waals surface area contributed by atoms with Crippen LogP contribution in [0.5, 0.6) is 0 Å². The van der Waals surface area contributed by atoms with Crippen LogP contribution in [0.3, 0.4) is 0 Å². The standard InChI is InChI=1S/C44H74N6O8S/c1-8-14-33(37(52)47-43(26-30(43)9-2)44(28-58-44)48-59(55,56)31-17-18-31)50(27-34-41(6,7)42(34)19-13-20-42)38(53)35(40(3,4)5)46-36(51)32(25-29-15-11-10-12-16-29)45-39(54)49-21-23-57-24-22-49/h29-35,48H,8-28H2,1-7H3,(H,45,54)(H,46,51)(H,47,52)/t30-,32?,33+,34-,35-,43-,44?/m1/s1. The SMILES string of the molecule is CCC[C@@H](C(=O)N[C@]1(C2(NS(=O)(=O)C3CC3)CO2)C[C@H]1CC)N(C[C@@H]1C(C)(C)C12CCC2)C(=O)[C@@H](NC(=O)C(CC1CCCCC1)NC(=O)N1CCOCC1)C(C)(C)C. The number of nitrogens with zero attached hydrogens (tertiary/aromatic N) is 2. The second-order valence-corrected chi connectivity index (χ2v) is 22.9. The summed E-state index contributed by atoms with van der Waals surface area (Å²) in [6, 6.07) is -2.98. The molecule has 7 aliphatic rings. The zero-order valence-electron chi connectivity index (χ0n) is 37.0. The van der Waals surface area contributed by atoms with Crippen LogP contribution in [0.2, 0.25) is 0 Å². The van der Waals surface area contributed by atoms with Gasteiger partial charge in [-0.3, -0.25) is 14.4 Å². The van der Waals surface area contributed by atoms with E-state index in [2.05, 4.69) is 34.5 Å². The van der Waals surface area contributed by atoms with Gasteiger partial charge in [0.15, 0.2) is 5.72 Å².